The van der Waals surface area contributed by atoms with Gasteiger partial charge >= 0.3 is 5.97 Å². The van der Waals surface area contributed by atoms with Gasteiger partial charge in [-0.2, -0.15) is 0 Å². The lowest BCUT2D eigenvalue weighted by Crippen LogP contribution is -2.01. The van der Waals surface area contributed by atoms with Crippen molar-refractivity contribution in [2.24, 2.45) is 0 Å². The van der Waals surface area contributed by atoms with Crippen LogP contribution in [0.2, 0.25) is 0 Å². The fourth-order valence-corrected chi connectivity index (χ4v) is 1.93. The summed E-state index contributed by atoms with van der Waals surface area (Å²) < 4.78 is 4.60. The predicted octanol–water partition coefficient (Wildman–Crippen LogP) is 2.48. The molecule has 0 saturated carbocycles. The van der Waals surface area contributed by atoms with Crippen molar-refractivity contribution in [2.45, 2.75) is 11.8 Å². The van der Waals surface area contributed by atoms with Crippen LogP contribution in [0.5, 0.6) is 0 Å². The number of anilines is 1. The Morgan fingerprint density at radius 2 is 2.06 bits per heavy atom. The number of hydrogen-bond donors (Lipinski definition) is 1. The van der Waals surface area contributed by atoms with E-state index in [1.54, 1.807) is 18.7 Å². The van der Waals surface area contributed by atoms with E-state index in [2.05, 4.69) is 4.74 Å². The summed E-state index contributed by atoms with van der Waals surface area (Å²) in [6.45, 7) is 1.75. The van der Waals surface area contributed by atoms with Gasteiger partial charge in [-0.25, -0.2) is 4.79 Å². The lowest BCUT2D eigenvalue weighted by atomic mass is 10.3. The summed E-state index contributed by atoms with van der Waals surface area (Å²) in [6, 6.07) is 7.64. The number of carbonyl (C=O) groups excluding carboxylic acids is 1. The summed E-state index contributed by atoms with van der Waals surface area (Å²) in [5.41, 5.74) is 6.96. The van der Waals surface area contributed by atoms with Gasteiger partial charge in [0.05, 0.1) is 7.11 Å². The molecule has 1 aromatic rings. The van der Waals surface area contributed by atoms with E-state index in [1.165, 1.54) is 7.11 Å². The first-order chi connectivity index (χ1) is 7.63. The summed E-state index contributed by atoms with van der Waals surface area (Å²) in [7, 11) is 1.38. The Bertz CT molecular complexity index is 385. The van der Waals surface area contributed by atoms with E-state index in [4.69, 9.17) is 5.73 Å². The molecule has 0 aliphatic heterocycles. The first-order valence-electron chi connectivity index (χ1n) is 4.87. The van der Waals surface area contributed by atoms with Crippen LogP contribution in [0.3, 0.4) is 0 Å². The fraction of sp³-hybridized carbons (Fsp3) is 0.250. The molecule has 0 spiro atoms. The predicted molar refractivity (Wildman–Crippen MR) is 67.4 cm³/mol. The summed E-state index contributed by atoms with van der Waals surface area (Å²) in [6.07, 6.45) is 1.85. The highest BCUT2D eigenvalue weighted by atomic mass is 32.2. The molecule has 0 amide bonds. The lowest BCUT2D eigenvalue weighted by Gasteiger charge is -2.00. The highest BCUT2D eigenvalue weighted by molar-refractivity contribution is 7.99. The Morgan fingerprint density at radius 1 is 1.44 bits per heavy atom. The highest BCUT2D eigenvalue weighted by Crippen LogP contribution is 2.19. The number of nitrogen functional groups attached to an aromatic ring is 1. The molecular weight excluding hydrogens is 222 g/mol. The van der Waals surface area contributed by atoms with Gasteiger partial charge in [-0.05, 0) is 31.2 Å². The minimum atomic E-state index is -0.280. The van der Waals surface area contributed by atoms with Crippen LogP contribution >= 0.6 is 11.8 Å². The van der Waals surface area contributed by atoms with Gasteiger partial charge in [-0.1, -0.05) is 6.08 Å². The zero-order valence-corrected chi connectivity index (χ0v) is 10.2. The number of carbonyl (C=O) groups is 1. The molecule has 1 aromatic carbocycles. The van der Waals surface area contributed by atoms with Crippen LogP contribution in [0.25, 0.3) is 0 Å². The number of nitrogens with two attached hydrogens (primary N) is 1. The first kappa shape index (κ1) is 12.6. The Hall–Kier alpha value is -1.42. The van der Waals surface area contributed by atoms with Gasteiger partial charge in [-0.3, -0.25) is 0 Å². The van der Waals surface area contributed by atoms with Crippen LogP contribution in [0.1, 0.15) is 6.92 Å². The van der Waals surface area contributed by atoms with Gasteiger partial charge in [0, 0.05) is 21.9 Å². The van der Waals surface area contributed by atoms with Crippen molar-refractivity contribution in [1.82, 2.24) is 0 Å². The van der Waals surface area contributed by atoms with E-state index in [9.17, 15) is 4.79 Å². The second kappa shape index (κ2) is 6.23. The highest BCUT2D eigenvalue weighted by Gasteiger charge is 2.01. The quantitative estimate of drug-likeness (QED) is 0.378. The average molecular weight is 237 g/mol. The normalized spacial score (nSPS) is 11.2. The van der Waals surface area contributed by atoms with E-state index in [1.807, 2.05) is 30.3 Å². The van der Waals surface area contributed by atoms with Crippen molar-refractivity contribution < 1.29 is 9.53 Å². The molecule has 0 aliphatic carbocycles. The molecule has 0 unspecified atom stereocenters. The third kappa shape index (κ3) is 3.98. The van der Waals surface area contributed by atoms with Gasteiger partial charge in [0.15, 0.2) is 0 Å². The van der Waals surface area contributed by atoms with Crippen LogP contribution in [0.15, 0.2) is 40.8 Å². The topological polar surface area (TPSA) is 52.3 Å². The number of ether oxygens (including phenoxy) is 1. The molecule has 16 heavy (non-hydrogen) atoms. The average Bonchev–Trinajstić information content (AvgIpc) is 2.30. The minimum absolute atomic E-state index is 0.280. The second-order valence-electron chi connectivity index (χ2n) is 3.26. The second-order valence-corrected chi connectivity index (χ2v) is 4.35. The zero-order chi connectivity index (χ0) is 12.0. The summed E-state index contributed by atoms with van der Waals surface area (Å²) in [4.78, 5) is 12.2. The van der Waals surface area contributed by atoms with Gasteiger partial charge < -0.3 is 10.5 Å². The van der Waals surface area contributed by atoms with E-state index >= 15 is 0 Å². The summed E-state index contributed by atoms with van der Waals surface area (Å²) in [5, 5.41) is 0. The number of methoxy groups -OCH3 is 1. The molecule has 0 aliphatic rings. The SMILES string of the molecule is COC(=O)C(C)=CCSc1ccc(N)cc1. The van der Waals surface area contributed by atoms with Crippen molar-refractivity contribution in [3.8, 4) is 0 Å². The largest absolute Gasteiger partial charge is 0.466 e. The number of rotatable bonds is 4. The van der Waals surface area contributed by atoms with Crippen LogP contribution in [0, 0.1) is 0 Å². The fourth-order valence-electron chi connectivity index (χ4n) is 1.07. The van der Waals surface area contributed by atoms with E-state index < -0.39 is 0 Å². The maximum Gasteiger partial charge on any atom is 0.333 e. The number of thioether (sulfide) groups is 1. The molecule has 0 bridgehead atoms. The molecule has 0 aromatic heterocycles. The Labute approximate surface area is 99.7 Å². The molecular formula is C12H15NO2S. The van der Waals surface area contributed by atoms with Crippen LogP contribution in [-0.4, -0.2) is 18.8 Å². The molecule has 0 atom stereocenters. The third-order valence-electron chi connectivity index (χ3n) is 2.03. The third-order valence-corrected chi connectivity index (χ3v) is 2.97. The number of benzene rings is 1. The van der Waals surface area contributed by atoms with Crippen molar-refractivity contribution in [2.75, 3.05) is 18.6 Å². The molecule has 1 rings (SSSR count). The van der Waals surface area contributed by atoms with Crippen molar-refractivity contribution >= 4 is 23.4 Å². The molecule has 0 radical (unpaired) electrons. The van der Waals surface area contributed by atoms with Gasteiger partial charge in [0.25, 0.3) is 0 Å². The molecule has 0 saturated heterocycles. The standard InChI is InChI=1S/C12H15NO2S/c1-9(12(14)15-2)7-8-16-11-5-3-10(13)4-6-11/h3-7H,8,13H2,1-2H3. The number of hydrogen-bond acceptors (Lipinski definition) is 4. The molecule has 2 N–H and O–H groups in total. The molecule has 0 heterocycles. The van der Waals surface area contributed by atoms with E-state index in [0.29, 0.717) is 5.57 Å². The minimum Gasteiger partial charge on any atom is -0.466 e. The van der Waals surface area contributed by atoms with Crippen LogP contribution < -0.4 is 5.73 Å². The monoisotopic (exact) mass is 237 g/mol. The lowest BCUT2D eigenvalue weighted by molar-refractivity contribution is -0.136. The van der Waals surface area contributed by atoms with E-state index in [0.717, 1.165) is 16.3 Å². The molecule has 3 nitrogen and oxygen atoms in total. The maximum absolute atomic E-state index is 11.1. The Morgan fingerprint density at radius 3 is 2.62 bits per heavy atom. The Kier molecular flexibility index (Phi) is 4.92. The molecule has 4 heteroatoms. The van der Waals surface area contributed by atoms with E-state index in [-0.39, 0.29) is 5.97 Å². The van der Waals surface area contributed by atoms with Crippen molar-refractivity contribution in [3.05, 3.63) is 35.9 Å². The van der Waals surface area contributed by atoms with Crippen LogP contribution in [-0.2, 0) is 9.53 Å². The Balaban J connectivity index is 2.46. The first-order valence-corrected chi connectivity index (χ1v) is 5.85. The van der Waals surface area contributed by atoms with Gasteiger partial charge in [0.2, 0.25) is 0 Å². The number of esters is 1. The maximum atomic E-state index is 11.1. The van der Waals surface area contributed by atoms with Gasteiger partial charge in [-0.15, -0.1) is 11.8 Å². The molecule has 86 valence electrons. The molecule has 0 fully saturated rings. The van der Waals surface area contributed by atoms with Crippen LogP contribution in [0.4, 0.5) is 5.69 Å². The summed E-state index contributed by atoms with van der Waals surface area (Å²) in [5.74, 6) is 0.461. The smallest absolute Gasteiger partial charge is 0.333 e. The van der Waals surface area contributed by atoms with Crippen molar-refractivity contribution in [1.29, 1.82) is 0 Å². The zero-order valence-electron chi connectivity index (χ0n) is 9.40. The van der Waals surface area contributed by atoms with Gasteiger partial charge in [0.1, 0.15) is 0 Å². The summed E-state index contributed by atoms with van der Waals surface area (Å²) >= 11 is 1.65. The van der Waals surface area contributed by atoms with Crippen molar-refractivity contribution in [3.63, 3.8) is 0 Å².